The molecule has 1 aliphatic rings. The maximum atomic E-state index is 11.7. The first kappa shape index (κ1) is 16.3. The monoisotopic (exact) mass is 323 g/mol. The van der Waals surface area contributed by atoms with E-state index in [-0.39, 0.29) is 12.3 Å². The van der Waals surface area contributed by atoms with Crippen LogP contribution in [0.1, 0.15) is 18.9 Å². The number of ether oxygens (including phenoxy) is 1. The van der Waals surface area contributed by atoms with E-state index in [1.165, 1.54) is 12.1 Å². The van der Waals surface area contributed by atoms with Gasteiger partial charge in [-0.25, -0.2) is 4.79 Å². The summed E-state index contributed by atoms with van der Waals surface area (Å²) in [4.78, 5) is 27.6. The number of carbonyl (C=O) groups is 1. The van der Waals surface area contributed by atoms with Crippen molar-refractivity contribution in [1.82, 2.24) is 4.90 Å². The van der Waals surface area contributed by atoms with Crippen LogP contribution in [0.3, 0.4) is 0 Å². The zero-order valence-electron chi connectivity index (χ0n) is 12.1. The summed E-state index contributed by atoms with van der Waals surface area (Å²) in [5, 5.41) is 10.8. The second kappa shape index (κ2) is 7.26. The number of hydrogen-bond acceptors (Lipinski definition) is 5. The minimum Gasteiger partial charge on any atom is -0.443 e. The van der Waals surface area contributed by atoms with Gasteiger partial charge in [0.05, 0.1) is 4.92 Å². The van der Waals surface area contributed by atoms with Crippen LogP contribution < -0.4 is 0 Å². The summed E-state index contributed by atoms with van der Waals surface area (Å²) >= 11 is 4.39. The number of nitrogens with zero attached hydrogens (tertiary/aromatic N) is 3. The standard InChI is InChI=1S/C14H17N3O4S/c1-10(16-7-6-13(22)8-16)15-14(18)21-9-11-2-4-12(5-3-11)17(19)20/h2-5,13,22H,6-9H2,1H3/b15-10+/t13-/m1/s1. The van der Waals surface area contributed by atoms with Gasteiger partial charge in [-0.15, -0.1) is 0 Å². The van der Waals surface area contributed by atoms with Gasteiger partial charge in [0.2, 0.25) is 0 Å². The highest BCUT2D eigenvalue weighted by atomic mass is 32.1. The minimum atomic E-state index is -0.668. The Labute approximate surface area is 133 Å². The molecule has 1 fully saturated rings. The normalized spacial score (nSPS) is 18.4. The number of amidine groups is 1. The first-order valence-corrected chi connectivity index (χ1v) is 7.35. The first-order valence-electron chi connectivity index (χ1n) is 6.84. The average Bonchev–Trinajstić information content (AvgIpc) is 2.92. The molecular weight excluding hydrogens is 306 g/mol. The molecule has 1 amide bonds. The molecule has 0 unspecified atom stereocenters. The second-order valence-corrected chi connectivity index (χ2v) is 5.76. The van der Waals surface area contributed by atoms with Crippen LogP contribution in [-0.2, 0) is 11.3 Å². The molecule has 0 aromatic heterocycles. The molecule has 1 aliphatic heterocycles. The van der Waals surface area contributed by atoms with E-state index in [0.717, 1.165) is 19.5 Å². The average molecular weight is 323 g/mol. The summed E-state index contributed by atoms with van der Waals surface area (Å²) in [6.07, 6.45) is 0.298. The SMILES string of the molecule is C/C(=N\C(=O)OCc1ccc([N+](=O)[O-])cc1)N1CC[C@@H](S)C1. The van der Waals surface area contributed by atoms with Crippen molar-refractivity contribution in [3.63, 3.8) is 0 Å². The van der Waals surface area contributed by atoms with Gasteiger partial charge in [0, 0.05) is 30.5 Å². The Hall–Kier alpha value is -2.09. The summed E-state index contributed by atoms with van der Waals surface area (Å²) in [6, 6.07) is 5.84. The van der Waals surface area contributed by atoms with E-state index in [1.54, 1.807) is 19.1 Å². The zero-order valence-corrected chi connectivity index (χ0v) is 13.0. The van der Waals surface area contributed by atoms with Gasteiger partial charge < -0.3 is 9.64 Å². The number of rotatable bonds is 3. The van der Waals surface area contributed by atoms with E-state index in [9.17, 15) is 14.9 Å². The van der Waals surface area contributed by atoms with Crippen molar-refractivity contribution < 1.29 is 14.5 Å². The van der Waals surface area contributed by atoms with E-state index in [0.29, 0.717) is 16.6 Å². The van der Waals surface area contributed by atoms with Crippen LogP contribution in [-0.4, -0.2) is 40.1 Å². The fraction of sp³-hybridized carbons (Fsp3) is 0.429. The number of amides is 1. The summed E-state index contributed by atoms with van der Waals surface area (Å²) < 4.78 is 5.04. The highest BCUT2D eigenvalue weighted by Crippen LogP contribution is 2.15. The molecule has 0 radical (unpaired) electrons. The van der Waals surface area contributed by atoms with E-state index >= 15 is 0 Å². The van der Waals surface area contributed by atoms with Crippen molar-refractivity contribution in [3.05, 3.63) is 39.9 Å². The van der Waals surface area contributed by atoms with Gasteiger partial charge in [-0.2, -0.15) is 17.6 Å². The van der Waals surface area contributed by atoms with Gasteiger partial charge in [-0.3, -0.25) is 10.1 Å². The van der Waals surface area contributed by atoms with Crippen LogP contribution in [0.4, 0.5) is 10.5 Å². The fourth-order valence-electron chi connectivity index (χ4n) is 2.13. The Balaban J connectivity index is 1.85. The van der Waals surface area contributed by atoms with Crippen molar-refractivity contribution in [1.29, 1.82) is 0 Å². The van der Waals surface area contributed by atoms with Gasteiger partial charge in [-0.1, -0.05) is 0 Å². The Morgan fingerprint density at radius 3 is 2.73 bits per heavy atom. The molecule has 22 heavy (non-hydrogen) atoms. The maximum Gasteiger partial charge on any atom is 0.435 e. The van der Waals surface area contributed by atoms with E-state index in [1.807, 2.05) is 4.90 Å². The number of hydrogen-bond donors (Lipinski definition) is 1. The number of thiol groups is 1. The largest absolute Gasteiger partial charge is 0.443 e. The Morgan fingerprint density at radius 2 is 2.18 bits per heavy atom. The van der Waals surface area contributed by atoms with Crippen LogP contribution in [0.25, 0.3) is 0 Å². The molecule has 1 aromatic carbocycles. The lowest BCUT2D eigenvalue weighted by Crippen LogP contribution is -2.27. The molecule has 1 heterocycles. The highest BCUT2D eigenvalue weighted by molar-refractivity contribution is 7.81. The zero-order chi connectivity index (χ0) is 16.1. The number of carbonyl (C=O) groups excluding carboxylic acids is 1. The summed E-state index contributed by atoms with van der Waals surface area (Å²) in [5.41, 5.74) is 0.669. The van der Waals surface area contributed by atoms with Crippen LogP contribution in [0.2, 0.25) is 0 Å². The van der Waals surface area contributed by atoms with Crippen molar-refractivity contribution in [2.45, 2.75) is 25.2 Å². The van der Waals surface area contributed by atoms with E-state index in [2.05, 4.69) is 17.6 Å². The summed E-state index contributed by atoms with van der Waals surface area (Å²) in [6.45, 7) is 3.40. The highest BCUT2D eigenvalue weighted by Gasteiger charge is 2.20. The lowest BCUT2D eigenvalue weighted by Gasteiger charge is -2.16. The molecule has 0 spiro atoms. The maximum absolute atomic E-state index is 11.7. The predicted molar refractivity (Wildman–Crippen MR) is 85.4 cm³/mol. The third kappa shape index (κ3) is 4.45. The molecule has 1 atom stereocenters. The summed E-state index contributed by atoms with van der Waals surface area (Å²) in [7, 11) is 0. The third-order valence-electron chi connectivity index (χ3n) is 3.38. The van der Waals surface area contributed by atoms with Gasteiger partial charge in [0.25, 0.3) is 5.69 Å². The molecular formula is C14H17N3O4S. The number of nitro groups is 1. The Bertz CT molecular complexity index is 588. The second-order valence-electron chi connectivity index (χ2n) is 5.03. The molecule has 1 aromatic rings. The van der Waals surface area contributed by atoms with E-state index < -0.39 is 11.0 Å². The van der Waals surface area contributed by atoms with Crippen LogP contribution in [0, 0.1) is 10.1 Å². The molecule has 2 rings (SSSR count). The van der Waals surface area contributed by atoms with Crippen molar-refractivity contribution >= 4 is 30.2 Å². The van der Waals surface area contributed by atoms with Gasteiger partial charge in [0.1, 0.15) is 12.4 Å². The topological polar surface area (TPSA) is 85.0 Å². The molecule has 0 bridgehead atoms. The molecule has 1 saturated heterocycles. The van der Waals surface area contributed by atoms with Gasteiger partial charge in [-0.05, 0) is 31.0 Å². The molecule has 0 aliphatic carbocycles. The predicted octanol–water partition coefficient (Wildman–Crippen LogP) is 2.65. The number of aliphatic imine (C=N–C) groups is 1. The molecule has 8 heteroatoms. The number of benzene rings is 1. The lowest BCUT2D eigenvalue weighted by atomic mass is 10.2. The minimum absolute atomic E-state index is 0.000663. The lowest BCUT2D eigenvalue weighted by molar-refractivity contribution is -0.384. The molecule has 0 N–H and O–H groups in total. The summed E-state index contributed by atoms with van der Waals surface area (Å²) in [5.74, 6) is 0.616. The quantitative estimate of drug-likeness (QED) is 0.304. The fourth-order valence-corrected chi connectivity index (χ4v) is 2.44. The number of non-ortho nitro benzene ring substituents is 1. The molecule has 0 saturated carbocycles. The molecule has 7 nitrogen and oxygen atoms in total. The van der Waals surface area contributed by atoms with Gasteiger partial charge in [0.15, 0.2) is 0 Å². The van der Waals surface area contributed by atoms with Crippen molar-refractivity contribution in [2.75, 3.05) is 13.1 Å². The number of likely N-dealkylation sites (tertiary alicyclic amines) is 1. The van der Waals surface area contributed by atoms with Crippen molar-refractivity contribution in [3.8, 4) is 0 Å². The van der Waals surface area contributed by atoms with Crippen LogP contribution in [0.15, 0.2) is 29.3 Å². The Morgan fingerprint density at radius 1 is 1.50 bits per heavy atom. The third-order valence-corrected chi connectivity index (χ3v) is 3.81. The van der Waals surface area contributed by atoms with Crippen LogP contribution in [0.5, 0.6) is 0 Å². The first-order chi connectivity index (χ1) is 10.5. The van der Waals surface area contributed by atoms with E-state index in [4.69, 9.17) is 4.74 Å². The van der Waals surface area contributed by atoms with Crippen LogP contribution >= 0.6 is 12.6 Å². The van der Waals surface area contributed by atoms with Gasteiger partial charge >= 0.3 is 6.09 Å². The molecule has 118 valence electrons. The Kier molecular flexibility index (Phi) is 5.37. The van der Waals surface area contributed by atoms with Crippen molar-refractivity contribution in [2.24, 2.45) is 4.99 Å². The smallest absolute Gasteiger partial charge is 0.435 e. The number of nitro benzene ring substituents is 1.